The number of hydrogen-bond donors (Lipinski definition) is 0. The average Bonchev–Trinajstić information content (AvgIpc) is 2.37. The first-order chi connectivity index (χ1) is 8.31. The van der Waals surface area contributed by atoms with Gasteiger partial charge in [-0.3, -0.25) is 0 Å². The van der Waals surface area contributed by atoms with Crippen molar-refractivity contribution in [1.82, 2.24) is 0 Å². The van der Waals surface area contributed by atoms with Gasteiger partial charge in [0.05, 0.1) is 12.2 Å². The number of unbranched alkanes of at least 4 members (excludes halogenated alkanes) is 1. The summed E-state index contributed by atoms with van der Waals surface area (Å²) in [5, 5.41) is 0. The number of rotatable bonds is 5. The zero-order chi connectivity index (χ0) is 12.1. The molecule has 0 saturated carbocycles. The van der Waals surface area contributed by atoms with Gasteiger partial charge < -0.3 is 4.74 Å². The topological polar surface area (TPSA) is 9.23 Å². The van der Waals surface area contributed by atoms with E-state index in [-0.39, 0.29) is 0 Å². The Morgan fingerprint density at radius 1 is 1.35 bits per heavy atom. The van der Waals surface area contributed by atoms with Crippen LogP contribution in [0.2, 0.25) is 0 Å². The largest absolute Gasteiger partial charge is 0.371 e. The molecule has 0 aromatic heterocycles. The first-order valence-corrected chi connectivity index (χ1v) is 7.04. The molecular formula is C16H24O. The normalized spacial score (nSPS) is 20.9. The number of hydrogen-bond acceptors (Lipinski definition) is 1. The second kappa shape index (κ2) is 6.20. The Kier molecular flexibility index (Phi) is 4.61. The molecule has 17 heavy (non-hydrogen) atoms. The van der Waals surface area contributed by atoms with Crippen LogP contribution in [0.5, 0.6) is 0 Å². The van der Waals surface area contributed by atoms with Crippen molar-refractivity contribution in [3.63, 3.8) is 0 Å². The highest BCUT2D eigenvalue weighted by Crippen LogP contribution is 2.33. The standard InChI is InChI=1S/C16H24O/c1-3-4-8-13(2)17-16-12-7-10-14-9-5-6-11-15(14)16/h5-6,9,11,13,16H,3-4,7-8,10,12H2,1-2H3. The van der Waals surface area contributed by atoms with Gasteiger partial charge in [-0.1, -0.05) is 44.0 Å². The van der Waals surface area contributed by atoms with Gasteiger partial charge in [-0.2, -0.15) is 0 Å². The van der Waals surface area contributed by atoms with Crippen LogP contribution in [0.1, 0.15) is 63.2 Å². The molecule has 1 aliphatic carbocycles. The van der Waals surface area contributed by atoms with Crippen molar-refractivity contribution < 1.29 is 4.74 Å². The highest BCUT2D eigenvalue weighted by Gasteiger charge is 2.21. The molecule has 1 aromatic rings. The fraction of sp³-hybridized carbons (Fsp3) is 0.625. The quantitative estimate of drug-likeness (QED) is 0.717. The smallest absolute Gasteiger partial charge is 0.0831 e. The van der Waals surface area contributed by atoms with Gasteiger partial charge in [-0.15, -0.1) is 0 Å². The molecule has 0 bridgehead atoms. The SMILES string of the molecule is CCCCC(C)OC1CCCc2ccccc21. The summed E-state index contributed by atoms with van der Waals surface area (Å²) in [7, 11) is 0. The van der Waals surface area contributed by atoms with Crippen molar-refractivity contribution in [1.29, 1.82) is 0 Å². The van der Waals surface area contributed by atoms with Gasteiger partial charge in [0.25, 0.3) is 0 Å². The molecule has 1 aromatic carbocycles. The fourth-order valence-corrected chi connectivity index (χ4v) is 2.69. The molecule has 0 heterocycles. The zero-order valence-corrected chi connectivity index (χ0v) is 11.1. The summed E-state index contributed by atoms with van der Waals surface area (Å²) in [4.78, 5) is 0. The Balaban J connectivity index is 1.98. The molecule has 94 valence electrons. The van der Waals surface area contributed by atoms with Crippen molar-refractivity contribution in [2.45, 2.75) is 64.6 Å². The Morgan fingerprint density at radius 3 is 3.00 bits per heavy atom. The number of ether oxygens (including phenoxy) is 1. The highest BCUT2D eigenvalue weighted by molar-refractivity contribution is 5.31. The van der Waals surface area contributed by atoms with Crippen LogP contribution in [0.25, 0.3) is 0 Å². The second-order valence-electron chi connectivity index (χ2n) is 5.17. The van der Waals surface area contributed by atoms with E-state index in [4.69, 9.17) is 4.74 Å². The molecule has 0 saturated heterocycles. The maximum atomic E-state index is 6.22. The van der Waals surface area contributed by atoms with E-state index in [0.717, 1.165) is 0 Å². The van der Waals surface area contributed by atoms with Crippen LogP contribution in [0.15, 0.2) is 24.3 Å². The Hall–Kier alpha value is -0.820. The van der Waals surface area contributed by atoms with E-state index in [2.05, 4.69) is 38.1 Å². The average molecular weight is 232 g/mol. The van der Waals surface area contributed by atoms with E-state index in [1.165, 1.54) is 49.7 Å². The number of fused-ring (bicyclic) bond motifs is 1. The van der Waals surface area contributed by atoms with Crippen molar-refractivity contribution in [3.8, 4) is 0 Å². The lowest BCUT2D eigenvalue weighted by Gasteiger charge is -2.28. The maximum absolute atomic E-state index is 6.22. The summed E-state index contributed by atoms with van der Waals surface area (Å²) >= 11 is 0. The Morgan fingerprint density at radius 2 is 2.18 bits per heavy atom. The van der Waals surface area contributed by atoms with E-state index >= 15 is 0 Å². The van der Waals surface area contributed by atoms with Gasteiger partial charge in [0, 0.05) is 0 Å². The van der Waals surface area contributed by atoms with Gasteiger partial charge >= 0.3 is 0 Å². The van der Waals surface area contributed by atoms with Crippen LogP contribution in [0.3, 0.4) is 0 Å². The summed E-state index contributed by atoms with van der Waals surface area (Å²) in [5.74, 6) is 0. The van der Waals surface area contributed by atoms with E-state index in [0.29, 0.717) is 12.2 Å². The Labute approximate surface area is 105 Å². The van der Waals surface area contributed by atoms with Gasteiger partial charge in [-0.25, -0.2) is 0 Å². The predicted octanol–water partition coefficient (Wildman–Crippen LogP) is 4.66. The predicted molar refractivity (Wildman–Crippen MR) is 72.2 cm³/mol. The van der Waals surface area contributed by atoms with Gasteiger partial charge in [0.15, 0.2) is 0 Å². The molecule has 0 radical (unpaired) electrons. The molecule has 0 amide bonds. The van der Waals surface area contributed by atoms with Crippen molar-refractivity contribution in [2.24, 2.45) is 0 Å². The van der Waals surface area contributed by atoms with E-state index in [9.17, 15) is 0 Å². The van der Waals surface area contributed by atoms with Crippen LogP contribution in [0.4, 0.5) is 0 Å². The molecule has 2 atom stereocenters. The molecule has 0 fully saturated rings. The minimum Gasteiger partial charge on any atom is -0.371 e. The van der Waals surface area contributed by atoms with Crippen molar-refractivity contribution in [2.75, 3.05) is 0 Å². The van der Waals surface area contributed by atoms with E-state index in [1.807, 2.05) is 0 Å². The minimum atomic E-state index is 0.340. The monoisotopic (exact) mass is 232 g/mol. The second-order valence-corrected chi connectivity index (χ2v) is 5.17. The molecule has 1 aliphatic rings. The summed E-state index contributed by atoms with van der Waals surface area (Å²) in [6.45, 7) is 4.45. The van der Waals surface area contributed by atoms with E-state index in [1.54, 1.807) is 0 Å². The lowest BCUT2D eigenvalue weighted by molar-refractivity contribution is -0.0172. The Bertz CT molecular complexity index is 345. The molecular weight excluding hydrogens is 208 g/mol. The van der Waals surface area contributed by atoms with Gasteiger partial charge in [-0.05, 0) is 43.7 Å². The third kappa shape index (κ3) is 3.32. The highest BCUT2D eigenvalue weighted by atomic mass is 16.5. The van der Waals surface area contributed by atoms with Gasteiger partial charge in [0.2, 0.25) is 0 Å². The van der Waals surface area contributed by atoms with Gasteiger partial charge in [0.1, 0.15) is 0 Å². The molecule has 2 unspecified atom stereocenters. The third-order valence-corrected chi connectivity index (χ3v) is 3.68. The van der Waals surface area contributed by atoms with Crippen LogP contribution in [-0.4, -0.2) is 6.10 Å². The van der Waals surface area contributed by atoms with Crippen LogP contribution in [-0.2, 0) is 11.2 Å². The van der Waals surface area contributed by atoms with Crippen molar-refractivity contribution >= 4 is 0 Å². The summed E-state index contributed by atoms with van der Waals surface area (Å²) < 4.78 is 6.22. The molecule has 2 rings (SSSR count). The molecule has 0 aliphatic heterocycles. The molecule has 0 spiro atoms. The minimum absolute atomic E-state index is 0.340. The lowest BCUT2D eigenvalue weighted by Crippen LogP contribution is -2.18. The zero-order valence-electron chi connectivity index (χ0n) is 11.1. The first-order valence-electron chi connectivity index (χ1n) is 7.04. The summed E-state index contributed by atoms with van der Waals surface area (Å²) in [6.07, 6.45) is 8.13. The maximum Gasteiger partial charge on any atom is 0.0831 e. The lowest BCUT2D eigenvalue weighted by atomic mass is 9.89. The number of benzene rings is 1. The van der Waals surface area contributed by atoms with Crippen LogP contribution >= 0.6 is 0 Å². The number of aryl methyl sites for hydroxylation is 1. The van der Waals surface area contributed by atoms with E-state index < -0.39 is 0 Å². The van der Waals surface area contributed by atoms with Crippen LogP contribution in [0, 0.1) is 0 Å². The third-order valence-electron chi connectivity index (χ3n) is 3.68. The first kappa shape index (κ1) is 12.6. The molecule has 0 N–H and O–H groups in total. The molecule has 1 heteroatoms. The summed E-state index contributed by atoms with van der Waals surface area (Å²) in [5.41, 5.74) is 2.92. The van der Waals surface area contributed by atoms with Crippen LogP contribution < -0.4 is 0 Å². The van der Waals surface area contributed by atoms with Crippen molar-refractivity contribution in [3.05, 3.63) is 35.4 Å². The molecule has 1 nitrogen and oxygen atoms in total. The summed E-state index contributed by atoms with van der Waals surface area (Å²) in [6, 6.07) is 8.77. The fourth-order valence-electron chi connectivity index (χ4n) is 2.69.